The zero-order valence-corrected chi connectivity index (χ0v) is 30.4. The summed E-state index contributed by atoms with van der Waals surface area (Å²) >= 11 is 0. The number of nitrogens with one attached hydrogen (secondary N) is 1. The number of carbonyl (C=O) groups is 1. The molecule has 0 aliphatic heterocycles. The molecule has 7 nitrogen and oxygen atoms in total. The summed E-state index contributed by atoms with van der Waals surface area (Å²) in [4.78, 5) is 17.2. The zero-order valence-electron chi connectivity index (χ0n) is 29.4. The van der Waals surface area contributed by atoms with Crippen molar-refractivity contribution >= 4 is 14.3 Å². The van der Waals surface area contributed by atoms with Gasteiger partial charge in [-0.15, -0.1) is 0 Å². The van der Waals surface area contributed by atoms with Crippen LogP contribution >= 0.6 is 0 Å². The standard InChI is InChI=1S/C37H46F3N3O4Si/c1-23-13-11-12-14-28(23)29-20-19-27(21-30(29)37(38,39)40)33-42-32(43-47-33)26-17-15-25(16-18-26)31(22-45-48(9,10)36(6,7)8)41-24(2)34(44)46-35(3,4)5/h11-21,24,31,41H,22H2,1-10H3/t24-,31?/m1/s1. The largest absolute Gasteiger partial charge is 0.459 e. The number of carbonyl (C=O) groups excluding carboxylic acids is 1. The molecule has 0 radical (unpaired) electrons. The first-order chi connectivity index (χ1) is 22.2. The maximum atomic E-state index is 14.2. The fourth-order valence-electron chi connectivity index (χ4n) is 4.85. The number of halogens is 3. The van der Waals surface area contributed by atoms with Crippen LogP contribution in [0.4, 0.5) is 13.2 Å². The minimum absolute atomic E-state index is 0.00378. The van der Waals surface area contributed by atoms with Crippen molar-refractivity contribution in [2.75, 3.05) is 6.61 Å². The Kier molecular flexibility index (Phi) is 10.8. The molecule has 1 heterocycles. The van der Waals surface area contributed by atoms with E-state index in [9.17, 15) is 18.0 Å². The highest BCUT2D eigenvalue weighted by Gasteiger charge is 2.38. The molecule has 1 aromatic heterocycles. The van der Waals surface area contributed by atoms with Crippen LogP contribution < -0.4 is 5.32 Å². The van der Waals surface area contributed by atoms with Crippen molar-refractivity contribution in [3.05, 3.63) is 83.4 Å². The molecule has 258 valence electrons. The van der Waals surface area contributed by atoms with Crippen LogP contribution in [0.5, 0.6) is 0 Å². The predicted octanol–water partition coefficient (Wildman–Crippen LogP) is 9.78. The Hall–Kier alpha value is -3.80. The summed E-state index contributed by atoms with van der Waals surface area (Å²) in [5.74, 6) is -0.155. The average molecular weight is 682 g/mol. The Labute approximate surface area is 282 Å². The minimum Gasteiger partial charge on any atom is -0.459 e. The second kappa shape index (κ2) is 14.0. The summed E-state index contributed by atoms with van der Waals surface area (Å²) in [6, 6.07) is 17.5. The number of benzene rings is 3. The summed E-state index contributed by atoms with van der Waals surface area (Å²) in [6.45, 7) is 20.2. The highest BCUT2D eigenvalue weighted by Crippen LogP contribution is 2.41. The minimum atomic E-state index is -4.59. The number of esters is 1. The van der Waals surface area contributed by atoms with Crippen molar-refractivity contribution in [3.63, 3.8) is 0 Å². The van der Waals surface area contributed by atoms with Crippen molar-refractivity contribution in [1.82, 2.24) is 15.5 Å². The molecule has 4 aromatic rings. The number of rotatable bonds is 10. The number of hydrogen-bond donors (Lipinski definition) is 1. The van der Waals surface area contributed by atoms with Crippen molar-refractivity contribution < 1.29 is 31.7 Å². The van der Waals surface area contributed by atoms with Gasteiger partial charge in [0, 0.05) is 11.1 Å². The third-order valence-electron chi connectivity index (χ3n) is 8.63. The lowest BCUT2D eigenvalue weighted by Gasteiger charge is -2.38. The normalized spacial score (nSPS) is 14.1. The molecular weight excluding hydrogens is 636 g/mol. The Morgan fingerprint density at radius 2 is 1.54 bits per heavy atom. The first kappa shape index (κ1) is 37.0. The summed E-state index contributed by atoms with van der Waals surface area (Å²) < 4.78 is 60.2. The van der Waals surface area contributed by atoms with Crippen LogP contribution in [0.25, 0.3) is 34.0 Å². The number of aromatic nitrogens is 2. The molecule has 3 aromatic carbocycles. The third kappa shape index (κ3) is 9.00. The van der Waals surface area contributed by atoms with E-state index >= 15 is 0 Å². The molecule has 2 atom stereocenters. The van der Waals surface area contributed by atoms with Gasteiger partial charge in [-0.05, 0) is 87.1 Å². The number of hydrogen-bond acceptors (Lipinski definition) is 7. The van der Waals surface area contributed by atoms with Crippen LogP contribution in [0.3, 0.4) is 0 Å². The van der Waals surface area contributed by atoms with Gasteiger partial charge in [-0.2, -0.15) is 18.2 Å². The SMILES string of the molecule is Cc1ccccc1-c1ccc(-c2nc(-c3ccc(C(CO[Si](C)(C)C(C)(C)C)N[C@H](C)C(=O)OC(C)(C)C)cc3)no2)cc1C(F)(F)F. The van der Waals surface area contributed by atoms with Gasteiger partial charge in [0.1, 0.15) is 11.6 Å². The van der Waals surface area contributed by atoms with Crippen molar-refractivity contribution in [2.24, 2.45) is 0 Å². The lowest BCUT2D eigenvalue weighted by molar-refractivity contribution is -0.157. The molecule has 0 fully saturated rings. The maximum Gasteiger partial charge on any atom is 0.417 e. The summed E-state index contributed by atoms with van der Waals surface area (Å²) in [7, 11) is -2.11. The van der Waals surface area contributed by atoms with E-state index in [1.54, 1.807) is 44.2 Å². The van der Waals surface area contributed by atoms with Gasteiger partial charge < -0.3 is 13.7 Å². The molecule has 4 rings (SSSR count). The predicted molar refractivity (Wildman–Crippen MR) is 185 cm³/mol. The van der Waals surface area contributed by atoms with E-state index in [0.717, 1.165) is 17.2 Å². The number of aryl methyl sites for hydroxylation is 1. The molecule has 48 heavy (non-hydrogen) atoms. The second-order valence-electron chi connectivity index (χ2n) is 14.7. The van der Waals surface area contributed by atoms with Crippen LogP contribution in [-0.2, 0) is 20.1 Å². The smallest absolute Gasteiger partial charge is 0.417 e. The molecule has 0 amide bonds. The highest BCUT2D eigenvalue weighted by atomic mass is 28.4. The Morgan fingerprint density at radius 3 is 2.12 bits per heavy atom. The van der Waals surface area contributed by atoms with Gasteiger partial charge in [0.15, 0.2) is 8.32 Å². The van der Waals surface area contributed by atoms with E-state index < -0.39 is 31.7 Å². The lowest BCUT2D eigenvalue weighted by Crippen LogP contribution is -2.46. The molecule has 0 saturated carbocycles. The Balaban J connectivity index is 1.60. The molecule has 0 saturated heterocycles. The third-order valence-corrected chi connectivity index (χ3v) is 13.1. The lowest BCUT2D eigenvalue weighted by atomic mass is 9.94. The quantitative estimate of drug-likeness (QED) is 0.132. The van der Waals surface area contributed by atoms with Crippen LogP contribution in [0, 0.1) is 6.92 Å². The van der Waals surface area contributed by atoms with E-state index in [1.807, 2.05) is 45.0 Å². The molecule has 1 N–H and O–H groups in total. The number of ether oxygens (including phenoxy) is 1. The van der Waals surface area contributed by atoms with Crippen molar-refractivity contribution in [2.45, 2.75) is 97.4 Å². The molecule has 0 aliphatic carbocycles. The van der Waals surface area contributed by atoms with Crippen molar-refractivity contribution in [3.8, 4) is 34.0 Å². The van der Waals surface area contributed by atoms with Gasteiger partial charge in [0.25, 0.3) is 5.89 Å². The van der Waals surface area contributed by atoms with Crippen LogP contribution in [0.1, 0.15) is 71.2 Å². The van der Waals surface area contributed by atoms with E-state index in [2.05, 4.69) is 49.3 Å². The fraction of sp³-hybridized carbons (Fsp3) is 0.432. The first-order valence-corrected chi connectivity index (χ1v) is 18.9. The van der Waals surface area contributed by atoms with E-state index in [4.69, 9.17) is 13.7 Å². The molecule has 1 unspecified atom stereocenters. The van der Waals surface area contributed by atoms with Gasteiger partial charge >= 0.3 is 12.1 Å². The van der Waals surface area contributed by atoms with Crippen molar-refractivity contribution in [1.29, 1.82) is 0 Å². The number of nitrogens with zero attached hydrogens (tertiary/aromatic N) is 2. The van der Waals surface area contributed by atoms with Gasteiger partial charge in [-0.3, -0.25) is 10.1 Å². The van der Waals surface area contributed by atoms with Crippen LogP contribution in [0.15, 0.2) is 71.3 Å². The first-order valence-electron chi connectivity index (χ1n) is 16.0. The van der Waals surface area contributed by atoms with Crippen LogP contribution in [-0.4, -0.2) is 42.7 Å². The average Bonchev–Trinajstić information content (AvgIpc) is 3.48. The van der Waals surface area contributed by atoms with E-state index in [0.29, 0.717) is 17.7 Å². The monoisotopic (exact) mass is 681 g/mol. The van der Waals surface area contributed by atoms with E-state index in [1.165, 1.54) is 6.07 Å². The topological polar surface area (TPSA) is 86.5 Å². The summed E-state index contributed by atoms with van der Waals surface area (Å²) in [6.07, 6.45) is -4.59. The Morgan fingerprint density at radius 1 is 0.917 bits per heavy atom. The zero-order chi connectivity index (χ0) is 35.7. The van der Waals surface area contributed by atoms with Gasteiger partial charge in [0.05, 0.1) is 18.2 Å². The molecule has 0 spiro atoms. The molecule has 0 bridgehead atoms. The fourth-order valence-corrected chi connectivity index (χ4v) is 5.87. The van der Waals surface area contributed by atoms with Gasteiger partial charge in [-0.1, -0.05) is 80.5 Å². The van der Waals surface area contributed by atoms with Crippen LogP contribution in [0.2, 0.25) is 18.1 Å². The summed E-state index contributed by atoms with van der Waals surface area (Å²) in [5.41, 5.74) is 1.58. The van der Waals surface area contributed by atoms with Gasteiger partial charge in [0.2, 0.25) is 5.82 Å². The molecule has 11 heteroatoms. The van der Waals surface area contributed by atoms with E-state index in [-0.39, 0.29) is 39.9 Å². The number of alkyl halides is 3. The second-order valence-corrected chi connectivity index (χ2v) is 19.5. The Bertz CT molecular complexity index is 1720. The molecular formula is C37H46F3N3O4Si. The maximum absolute atomic E-state index is 14.2. The summed E-state index contributed by atoms with van der Waals surface area (Å²) in [5, 5.41) is 7.44. The molecule has 0 aliphatic rings. The highest BCUT2D eigenvalue weighted by molar-refractivity contribution is 6.74. The van der Waals surface area contributed by atoms with Gasteiger partial charge in [-0.25, -0.2) is 0 Å².